The molecule has 0 unspecified atom stereocenters. The zero-order valence-corrected chi connectivity index (χ0v) is 23.5. The molecule has 0 bridgehead atoms. The smallest absolute Gasteiger partial charge is 0.269 e. The second kappa shape index (κ2) is 11.1. The zero-order valence-electron chi connectivity index (χ0n) is 23.5. The van der Waals surface area contributed by atoms with Crippen LogP contribution in [-0.2, 0) is 16.1 Å². The van der Waals surface area contributed by atoms with E-state index in [1.165, 1.54) is 6.07 Å². The van der Waals surface area contributed by atoms with E-state index >= 15 is 0 Å². The number of anilines is 1. The van der Waals surface area contributed by atoms with Gasteiger partial charge in [0.2, 0.25) is 12.0 Å². The van der Waals surface area contributed by atoms with Gasteiger partial charge in [0.1, 0.15) is 17.1 Å². The predicted octanol–water partition coefficient (Wildman–Crippen LogP) is 3.95. The Labute approximate surface area is 246 Å². The highest BCUT2D eigenvalue weighted by molar-refractivity contribution is 6.20. The summed E-state index contributed by atoms with van der Waals surface area (Å²) in [6, 6.07) is 13.9. The third-order valence-corrected chi connectivity index (χ3v) is 7.97. The lowest BCUT2D eigenvalue weighted by Gasteiger charge is -2.22. The number of para-hydroxylation sites is 1. The van der Waals surface area contributed by atoms with E-state index in [0.29, 0.717) is 53.7 Å². The lowest BCUT2D eigenvalue weighted by Crippen LogP contribution is -2.42. The summed E-state index contributed by atoms with van der Waals surface area (Å²) in [5, 5.41) is 14.7. The van der Waals surface area contributed by atoms with Crippen LogP contribution in [-0.4, -0.2) is 62.6 Å². The highest BCUT2D eigenvalue weighted by Gasteiger charge is 2.35. The van der Waals surface area contributed by atoms with E-state index in [-0.39, 0.29) is 23.4 Å². The average Bonchev–Trinajstić information content (AvgIpc) is 3.63. The minimum Gasteiger partial charge on any atom is -0.474 e. The molecule has 43 heavy (non-hydrogen) atoms. The first-order chi connectivity index (χ1) is 21.0. The van der Waals surface area contributed by atoms with E-state index in [9.17, 15) is 14.0 Å². The molecule has 1 fully saturated rings. The number of nitrogens with one attached hydrogen (secondary N) is 2. The molecule has 3 aliphatic heterocycles. The quantitative estimate of drug-likeness (QED) is 0.367. The van der Waals surface area contributed by atoms with Gasteiger partial charge in [0.25, 0.3) is 11.8 Å². The maximum Gasteiger partial charge on any atom is 0.269 e. The third kappa shape index (κ3) is 5.07. The number of hydrogen-bond acceptors (Lipinski definition) is 7. The maximum atomic E-state index is 14.9. The number of ether oxygens (including phenoxy) is 2. The van der Waals surface area contributed by atoms with E-state index in [1.807, 2.05) is 48.1 Å². The number of benzodiazepines with no additional fused rings is 1. The maximum absolute atomic E-state index is 14.9. The standard InChI is InChI=1S/C31H30FN7O4/c1-18-10-13-38-31(43-18)24(26(37-38)20-16-33-39(17-20)21-11-14-42-15-12-21)29(40)36-28-30(41)35-27-22(8-5-9-23(27)32)25(34-28)19-6-3-2-4-7-19/h2-9,16-18,21,28H,10-15H2,1H3,(H,35,41)(H,36,40)/t18-,28+/m0/s1. The molecule has 2 N–H and O–H groups in total. The Bertz CT molecular complexity index is 1720. The zero-order chi connectivity index (χ0) is 29.5. The van der Waals surface area contributed by atoms with Gasteiger partial charge in [-0.3, -0.25) is 14.3 Å². The molecule has 0 saturated carbocycles. The van der Waals surface area contributed by atoms with Crippen molar-refractivity contribution in [2.45, 2.75) is 51.0 Å². The number of aromatic nitrogens is 4. The van der Waals surface area contributed by atoms with Crippen molar-refractivity contribution in [2.24, 2.45) is 4.99 Å². The van der Waals surface area contributed by atoms with Crippen molar-refractivity contribution in [1.82, 2.24) is 24.9 Å². The second-order valence-electron chi connectivity index (χ2n) is 10.9. The van der Waals surface area contributed by atoms with Crippen LogP contribution in [0.4, 0.5) is 10.1 Å². The molecule has 0 aliphatic carbocycles. The Balaban J connectivity index is 1.27. The monoisotopic (exact) mass is 583 g/mol. The van der Waals surface area contributed by atoms with Crippen LogP contribution in [0.25, 0.3) is 11.3 Å². The number of halogens is 1. The summed E-state index contributed by atoms with van der Waals surface area (Å²) in [4.78, 5) is 32.2. The third-order valence-electron chi connectivity index (χ3n) is 7.97. The normalized spacial score (nSPS) is 20.2. The highest BCUT2D eigenvalue weighted by Crippen LogP contribution is 2.35. The molecule has 12 heteroatoms. The fraction of sp³-hybridized carbons (Fsp3) is 0.323. The van der Waals surface area contributed by atoms with E-state index in [0.717, 1.165) is 19.3 Å². The molecule has 0 spiro atoms. The Morgan fingerprint density at radius 1 is 1.07 bits per heavy atom. The first-order valence-corrected chi connectivity index (χ1v) is 14.4. The molecule has 2 aromatic heterocycles. The molecule has 5 heterocycles. The van der Waals surface area contributed by atoms with Crippen LogP contribution < -0.4 is 15.4 Å². The molecule has 2 amide bonds. The van der Waals surface area contributed by atoms with Gasteiger partial charge in [0.05, 0.1) is 29.7 Å². The number of amides is 2. The predicted molar refractivity (Wildman–Crippen MR) is 156 cm³/mol. The average molecular weight is 584 g/mol. The molecule has 0 radical (unpaired) electrons. The molecule has 220 valence electrons. The largest absolute Gasteiger partial charge is 0.474 e. The van der Waals surface area contributed by atoms with Gasteiger partial charge in [-0.1, -0.05) is 42.5 Å². The lowest BCUT2D eigenvalue weighted by molar-refractivity contribution is -0.117. The van der Waals surface area contributed by atoms with Crippen LogP contribution in [0.1, 0.15) is 53.7 Å². The number of nitrogens with zero attached hydrogens (tertiary/aromatic N) is 5. The van der Waals surface area contributed by atoms with Gasteiger partial charge < -0.3 is 20.1 Å². The molecular formula is C31H30FN7O4. The SMILES string of the molecule is C[C@H]1CCn2nc(-c3cnn(C4CCOCC4)c3)c(C(=O)N[C@H]3N=C(c4ccccc4)c4cccc(F)c4NC3=O)c2O1. The van der Waals surface area contributed by atoms with Gasteiger partial charge in [-0.25, -0.2) is 14.1 Å². The number of hydrogen-bond donors (Lipinski definition) is 2. The highest BCUT2D eigenvalue weighted by atomic mass is 19.1. The Kier molecular flexibility index (Phi) is 6.98. The number of carbonyl (C=O) groups is 2. The van der Waals surface area contributed by atoms with Gasteiger partial charge in [-0.2, -0.15) is 10.2 Å². The Morgan fingerprint density at radius 2 is 1.88 bits per heavy atom. The molecule has 11 nitrogen and oxygen atoms in total. The molecular weight excluding hydrogens is 553 g/mol. The van der Waals surface area contributed by atoms with Crippen LogP contribution in [0.5, 0.6) is 5.88 Å². The van der Waals surface area contributed by atoms with Gasteiger partial charge >= 0.3 is 0 Å². The minimum absolute atomic E-state index is 0.00754. The van der Waals surface area contributed by atoms with Crippen molar-refractivity contribution in [3.05, 3.63) is 83.4 Å². The molecule has 3 aliphatic rings. The van der Waals surface area contributed by atoms with Crippen LogP contribution in [0.15, 0.2) is 65.9 Å². The molecule has 2 atom stereocenters. The number of benzene rings is 2. The number of rotatable bonds is 5. The van der Waals surface area contributed by atoms with Crippen molar-refractivity contribution in [1.29, 1.82) is 0 Å². The van der Waals surface area contributed by atoms with Crippen LogP contribution in [0, 0.1) is 5.82 Å². The lowest BCUT2D eigenvalue weighted by atomic mass is 10.0. The van der Waals surface area contributed by atoms with Crippen LogP contribution in [0.2, 0.25) is 0 Å². The van der Waals surface area contributed by atoms with Crippen molar-refractivity contribution in [3.8, 4) is 17.1 Å². The van der Waals surface area contributed by atoms with Gasteiger partial charge in [-0.05, 0) is 25.8 Å². The Morgan fingerprint density at radius 3 is 2.70 bits per heavy atom. The summed E-state index contributed by atoms with van der Waals surface area (Å²) in [5.74, 6) is -1.54. The summed E-state index contributed by atoms with van der Waals surface area (Å²) in [6.45, 7) is 3.84. The molecule has 7 rings (SSSR count). The molecule has 1 saturated heterocycles. The van der Waals surface area contributed by atoms with Crippen molar-refractivity contribution < 1.29 is 23.5 Å². The van der Waals surface area contributed by atoms with E-state index in [2.05, 4.69) is 20.7 Å². The van der Waals surface area contributed by atoms with Crippen LogP contribution in [0.3, 0.4) is 0 Å². The number of aryl methyl sites for hydroxylation is 1. The van der Waals surface area contributed by atoms with Gasteiger partial charge in [0, 0.05) is 49.1 Å². The fourth-order valence-corrected chi connectivity index (χ4v) is 5.71. The number of aliphatic imine (C=N–C) groups is 1. The molecule has 4 aromatic rings. The first-order valence-electron chi connectivity index (χ1n) is 14.4. The van der Waals surface area contributed by atoms with Gasteiger partial charge in [0.15, 0.2) is 0 Å². The van der Waals surface area contributed by atoms with Gasteiger partial charge in [-0.15, -0.1) is 0 Å². The minimum atomic E-state index is -1.36. The van der Waals surface area contributed by atoms with Crippen molar-refractivity contribution in [2.75, 3.05) is 18.5 Å². The van der Waals surface area contributed by atoms with E-state index < -0.39 is 23.8 Å². The van der Waals surface area contributed by atoms with E-state index in [4.69, 9.17) is 14.6 Å². The number of carbonyl (C=O) groups excluding carboxylic acids is 2. The topological polar surface area (TPSA) is 125 Å². The summed E-state index contributed by atoms with van der Waals surface area (Å²) in [6.07, 6.45) is 4.50. The van der Waals surface area contributed by atoms with Crippen LogP contribution >= 0.6 is 0 Å². The summed E-state index contributed by atoms with van der Waals surface area (Å²) in [7, 11) is 0. The summed E-state index contributed by atoms with van der Waals surface area (Å²) in [5.41, 5.74) is 2.71. The summed E-state index contributed by atoms with van der Waals surface area (Å²) >= 11 is 0. The fourth-order valence-electron chi connectivity index (χ4n) is 5.71. The summed E-state index contributed by atoms with van der Waals surface area (Å²) < 4.78 is 30.1. The first kappa shape index (κ1) is 27.0. The van der Waals surface area contributed by atoms with Crippen molar-refractivity contribution >= 4 is 23.2 Å². The van der Waals surface area contributed by atoms with E-state index in [1.54, 1.807) is 23.0 Å². The number of fused-ring (bicyclic) bond motifs is 2. The van der Waals surface area contributed by atoms with Crippen molar-refractivity contribution in [3.63, 3.8) is 0 Å². The second-order valence-corrected chi connectivity index (χ2v) is 10.9. The molecule has 2 aromatic carbocycles. The Hall–Kier alpha value is -4.84.